The van der Waals surface area contributed by atoms with Crippen LogP contribution in [-0.2, 0) is 9.53 Å². The van der Waals surface area contributed by atoms with Gasteiger partial charge in [-0.1, -0.05) is 11.8 Å². The molecule has 35 heavy (non-hydrogen) atoms. The molecular weight excluding hydrogens is 466 g/mol. The van der Waals surface area contributed by atoms with Crippen molar-refractivity contribution in [2.45, 2.75) is 12.1 Å². The fourth-order valence-corrected chi connectivity index (χ4v) is 4.02. The van der Waals surface area contributed by atoms with Crippen LogP contribution >= 0.6 is 11.8 Å². The minimum Gasteiger partial charge on any atom is -0.494 e. The summed E-state index contributed by atoms with van der Waals surface area (Å²) in [6, 6.07) is 17.8. The van der Waals surface area contributed by atoms with E-state index < -0.39 is 5.97 Å². The maximum atomic E-state index is 12.6. The van der Waals surface area contributed by atoms with Gasteiger partial charge in [0, 0.05) is 29.3 Å². The van der Waals surface area contributed by atoms with E-state index in [0.717, 1.165) is 17.0 Å². The third kappa shape index (κ3) is 5.85. The van der Waals surface area contributed by atoms with Crippen molar-refractivity contribution in [2.24, 2.45) is 0 Å². The lowest BCUT2D eigenvalue weighted by Gasteiger charge is -2.11. The van der Waals surface area contributed by atoms with Crippen LogP contribution in [-0.4, -0.2) is 51.1 Å². The van der Waals surface area contributed by atoms with E-state index in [1.54, 1.807) is 36.7 Å². The third-order valence-electron chi connectivity index (χ3n) is 4.88. The van der Waals surface area contributed by atoms with Crippen molar-refractivity contribution >= 4 is 29.3 Å². The average Bonchev–Trinajstić information content (AvgIpc) is 3.32. The molecule has 1 amide bonds. The molecule has 0 fully saturated rings. The zero-order valence-electron chi connectivity index (χ0n) is 19.2. The van der Waals surface area contributed by atoms with Gasteiger partial charge < -0.3 is 14.8 Å². The second-order valence-electron chi connectivity index (χ2n) is 7.22. The van der Waals surface area contributed by atoms with Gasteiger partial charge in [0.1, 0.15) is 5.75 Å². The topological polar surface area (TPSA) is 108 Å². The van der Waals surface area contributed by atoms with E-state index in [4.69, 9.17) is 4.74 Å². The molecule has 2 heterocycles. The van der Waals surface area contributed by atoms with Crippen LogP contribution in [0.1, 0.15) is 17.3 Å². The van der Waals surface area contributed by atoms with Gasteiger partial charge in [-0.05, 0) is 67.6 Å². The largest absolute Gasteiger partial charge is 0.494 e. The number of carbonyl (C=O) groups excluding carboxylic acids is 2. The van der Waals surface area contributed by atoms with Crippen molar-refractivity contribution in [1.29, 1.82) is 0 Å². The number of rotatable bonds is 9. The van der Waals surface area contributed by atoms with Crippen molar-refractivity contribution in [3.63, 3.8) is 0 Å². The highest BCUT2D eigenvalue weighted by Crippen LogP contribution is 2.28. The van der Waals surface area contributed by atoms with Crippen molar-refractivity contribution in [3.05, 3.63) is 78.6 Å². The van der Waals surface area contributed by atoms with Crippen LogP contribution < -0.4 is 10.1 Å². The normalized spacial score (nSPS) is 10.6. The van der Waals surface area contributed by atoms with Crippen molar-refractivity contribution in [3.8, 4) is 22.8 Å². The number of carbonyl (C=O) groups is 2. The number of nitrogens with one attached hydrogen (secondary N) is 1. The summed E-state index contributed by atoms with van der Waals surface area (Å²) in [6.45, 7) is 2.51. The number of pyridine rings is 1. The van der Waals surface area contributed by atoms with E-state index in [-0.39, 0.29) is 11.7 Å². The number of hydrogen-bond donors (Lipinski definition) is 1. The smallest absolute Gasteiger partial charge is 0.337 e. The molecule has 0 atom stereocenters. The lowest BCUT2D eigenvalue weighted by molar-refractivity contribution is -0.113. The van der Waals surface area contributed by atoms with E-state index in [9.17, 15) is 9.59 Å². The molecule has 0 aliphatic heterocycles. The first-order valence-electron chi connectivity index (χ1n) is 10.8. The molecule has 0 unspecified atom stereocenters. The molecule has 0 aliphatic carbocycles. The molecule has 2 aromatic carbocycles. The van der Waals surface area contributed by atoms with Crippen LogP contribution in [0.2, 0.25) is 0 Å². The monoisotopic (exact) mass is 489 g/mol. The van der Waals surface area contributed by atoms with E-state index in [2.05, 4.69) is 25.2 Å². The average molecular weight is 490 g/mol. The molecule has 9 nitrogen and oxygen atoms in total. The Bertz CT molecular complexity index is 1290. The minimum atomic E-state index is -0.434. The van der Waals surface area contributed by atoms with E-state index >= 15 is 0 Å². The minimum absolute atomic E-state index is 0.112. The third-order valence-corrected chi connectivity index (χ3v) is 5.81. The van der Waals surface area contributed by atoms with Crippen molar-refractivity contribution in [2.75, 3.05) is 24.8 Å². The molecule has 0 aliphatic rings. The second-order valence-corrected chi connectivity index (χ2v) is 8.16. The Morgan fingerprint density at radius 2 is 1.80 bits per heavy atom. The number of nitrogens with zero attached hydrogens (tertiary/aromatic N) is 4. The Morgan fingerprint density at radius 3 is 2.46 bits per heavy atom. The standard InChI is InChI=1S/C25H23N5O4S/c1-3-34-21-12-10-20(11-13-21)30-23(18-5-4-14-26-15-18)28-29-25(30)35-16-22(31)27-19-8-6-17(7-9-19)24(32)33-2/h4-15H,3,16H2,1-2H3,(H,27,31). The first-order chi connectivity index (χ1) is 17.1. The highest BCUT2D eigenvalue weighted by Gasteiger charge is 2.18. The predicted molar refractivity (Wildman–Crippen MR) is 133 cm³/mol. The van der Waals surface area contributed by atoms with Gasteiger partial charge >= 0.3 is 5.97 Å². The molecule has 4 aromatic rings. The Balaban J connectivity index is 1.52. The summed E-state index contributed by atoms with van der Waals surface area (Å²) in [5, 5.41) is 12.1. The van der Waals surface area contributed by atoms with Gasteiger partial charge in [-0.25, -0.2) is 4.79 Å². The highest BCUT2D eigenvalue weighted by atomic mass is 32.2. The Hall–Kier alpha value is -4.18. The van der Waals surface area contributed by atoms with Crippen LogP contribution in [0.4, 0.5) is 5.69 Å². The molecule has 4 rings (SSSR count). The quantitative estimate of drug-likeness (QED) is 0.275. The Labute approximate surface area is 206 Å². The number of aromatic nitrogens is 4. The summed E-state index contributed by atoms with van der Waals surface area (Å²) in [5.41, 5.74) is 2.62. The lowest BCUT2D eigenvalue weighted by Crippen LogP contribution is -2.14. The molecule has 0 saturated carbocycles. The van der Waals surface area contributed by atoms with Gasteiger partial charge in [0.2, 0.25) is 5.91 Å². The van der Waals surface area contributed by atoms with Gasteiger partial charge in [-0.3, -0.25) is 14.3 Å². The number of esters is 1. The first-order valence-corrected chi connectivity index (χ1v) is 11.8. The molecule has 0 spiro atoms. The summed E-state index contributed by atoms with van der Waals surface area (Å²) in [7, 11) is 1.32. The SMILES string of the molecule is CCOc1ccc(-n2c(SCC(=O)Nc3ccc(C(=O)OC)cc3)nnc2-c2cccnc2)cc1. The summed E-state index contributed by atoms with van der Waals surface area (Å²) in [4.78, 5) is 28.4. The van der Waals surface area contributed by atoms with E-state index in [1.807, 2.05) is 47.9 Å². The molecule has 2 aromatic heterocycles. The molecule has 0 saturated heterocycles. The molecule has 0 bridgehead atoms. The van der Waals surface area contributed by atoms with Crippen molar-refractivity contribution in [1.82, 2.24) is 19.7 Å². The number of anilines is 1. The van der Waals surface area contributed by atoms with Crippen LogP contribution in [0, 0.1) is 0 Å². The molecule has 178 valence electrons. The fourth-order valence-electron chi connectivity index (χ4n) is 3.27. The van der Waals surface area contributed by atoms with Crippen LogP contribution in [0.5, 0.6) is 5.75 Å². The molecular formula is C25H23N5O4S. The molecule has 10 heteroatoms. The van der Waals surface area contributed by atoms with Crippen LogP contribution in [0.25, 0.3) is 17.1 Å². The number of methoxy groups -OCH3 is 1. The highest BCUT2D eigenvalue weighted by molar-refractivity contribution is 7.99. The second kappa shape index (κ2) is 11.3. The number of amides is 1. The summed E-state index contributed by atoms with van der Waals surface area (Å²) in [6.07, 6.45) is 3.41. The van der Waals surface area contributed by atoms with Gasteiger partial charge in [-0.2, -0.15) is 0 Å². The maximum Gasteiger partial charge on any atom is 0.337 e. The summed E-state index contributed by atoms with van der Waals surface area (Å²) >= 11 is 1.26. The first kappa shape index (κ1) is 24.0. The van der Waals surface area contributed by atoms with Gasteiger partial charge in [-0.15, -0.1) is 10.2 Å². The predicted octanol–water partition coefficient (Wildman–Crippen LogP) is 4.25. The van der Waals surface area contributed by atoms with Crippen LogP contribution in [0.15, 0.2) is 78.2 Å². The summed E-state index contributed by atoms with van der Waals surface area (Å²) in [5.74, 6) is 0.838. The Kier molecular flexibility index (Phi) is 7.74. The van der Waals surface area contributed by atoms with Gasteiger partial charge in [0.25, 0.3) is 0 Å². The maximum absolute atomic E-state index is 12.6. The summed E-state index contributed by atoms with van der Waals surface area (Å²) < 4.78 is 12.1. The number of benzene rings is 2. The van der Waals surface area contributed by atoms with Crippen LogP contribution in [0.3, 0.4) is 0 Å². The van der Waals surface area contributed by atoms with E-state index in [1.165, 1.54) is 18.9 Å². The van der Waals surface area contributed by atoms with Crippen molar-refractivity contribution < 1.29 is 19.1 Å². The fraction of sp³-hybridized carbons (Fsp3) is 0.160. The lowest BCUT2D eigenvalue weighted by atomic mass is 10.2. The Morgan fingerprint density at radius 1 is 1.03 bits per heavy atom. The van der Waals surface area contributed by atoms with Gasteiger partial charge in [0.05, 0.1) is 25.0 Å². The molecule has 0 radical (unpaired) electrons. The number of hydrogen-bond acceptors (Lipinski definition) is 8. The molecule has 1 N–H and O–H groups in total. The van der Waals surface area contributed by atoms with E-state index in [0.29, 0.717) is 28.8 Å². The van der Waals surface area contributed by atoms with Gasteiger partial charge in [0.15, 0.2) is 11.0 Å². The number of thioether (sulfide) groups is 1. The zero-order valence-corrected chi connectivity index (χ0v) is 20.0. The number of ether oxygens (including phenoxy) is 2. The zero-order chi connectivity index (χ0) is 24.6.